The number of esters is 1. The van der Waals surface area contributed by atoms with Crippen molar-refractivity contribution < 1.29 is 9.53 Å². The SMILES string of the molecule is COC(=O)c1c(Cl)cc(N)c(Br)c1Cl. The molecule has 1 aromatic rings. The van der Waals surface area contributed by atoms with Gasteiger partial charge < -0.3 is 10.5 Å². The third-order valence-corrected chi connectivity index (χ3v) is 3.33. The highest BCUT2D eigenvalue weighted by molar-refractivity contribution is 9.10. The topological polar surface area (TPSA) is 52.3 Å². The molecule has 0 saturated heterocycles. The number of rotatable bonds is 1. The van der Waals surface area contributed by atoms with Gasteiger partial charge in [-0.3, -0.25) is 0 Å². The second kappa shape index (κ2) is 4.38. The van der Waals surface area contributed by atoms with E-state index >= 15 is 0 Å². The Balaban J connectivity index is 3.44. The van der Waals surface area contributed by atoms with E-state index in [0.717, 1.165) is 0 Å². The summed E-state index contributed by atoms with van der Waals surface area (Å²) in [6.07, 6.45) is 0. The zero-order valence-corrected chi connectivity index (χ0v) is 10.2. The van der Waals surface area contributed by atoms with Gasteiger partial charge in [0.15, 0.2) is 0 Å². The summed E-state index contributed by atoms with van der Waals surface area (Å²) in [7, 11) is 1.25. The number of carbonyl (C=O) groups is 1. The van der Waals surface area contributed by atoms with Crippen LogP contribution in [0.4, 0.5) is 5.69 Å². The number of hydrogen-bond donors (Lipinski definition) is 1. The number of methoxy groups -OCH3 is 1. The lowest BCUT2D eigenvalue weighted by Gasteiger charge is -2.08. The van der Waals surface area contributed by atoms with Gasteiger partial charge in [0.25, 0.3) is 0 Å². The Morgan fingerprint density at radius 3 is 2.64 bits per heavy atom. The first-order valence-electron chi connectivity index (χ1n) is 3.50. The van der Waals surface area contributed by atoms with E-state index < -0.39 is 5.97 Å². The third-order valence-electron chi connectivity index (χ3n) is 1.58. The van der Waals surface area contributed by atoms with Crippen LogP contribution in [0.2, 0.25) is 10.0 Å². The summed E-state index contributed by atoms with van der Waals surface area (Å²) in [4.78, 5) is 11.3. The largest absolute Gasteiger partial charge is 0.465 e. The molecule has 0 aliphatic rings. The van der Waals surface area contributed by atoms with Crippen molar-refractivity contribution in [3.8, 4) is 0 Å². The van der Waals surface area contributed by atoms with Crippen molar-refractivity contribution in [2.24, 2.45) is 0 Å². The number of hydrogen-bond acceptors (Lipinski definition) is 3. The molecule has 0 aromatic heterocycles. The predicted octanol–water partition coefficient (Wildman–Crippen LogP) is 3.12. The minimum absolute atomic E-state index is 0.108. The van der Waals surface area contributed by atoms with Crippen LogP contribution in [0, 0.1) is 0 Å². The van der Waals surface area contributed by atoms with Crippen molar-refractivity contribution in [1.82, 2.24) is 0 Å². The molecule has 1 rings (SSSR count). The molecule has 14 heavy (non-hydrogen) atoms. The molecule has 1 aromatic carbocycles. The number of nitrogen functional groups attached to an aromatic ring is 1. The molecule has 0 bridgehead atoms. The van der Waals surface area contributed by atoms with Crippen LogP contribution in [0.15, 0.2) is 10.5 Å². The maximum Gasteiger partial charge on any atom is 0.340 e. The van der Waals surface area contributed by atoms with Gasteiger partial charge in [-0.1, -0.05) is 23.2 Å². The summed E-state index contributed by atoms with van der Waals surface area (Å²) >= 11 is 14.8. The quantitative estimate of drug-likeness (QED) is 0.492. The zero-order chi connectivity index (χ0) is 10.9. The first-order valence-corrected chi connectivity index (χ1v) is 5.05. The summed E-state index contributed by atoms with van der Waals surface area (Å²) in [5.41, 5.74) is 6.04. The molecular weight excluding hydrogens is 293 g/mol. The lowest BCUT2D eigenvalue weighted by Crippen LogP contribution is -2.04. The standard InChI is InChI=1S/C8H6BrCl2NO2/c1-14-8(13)5-3(10)2-4(12)6(9)7(5)11/h2H,12H2,1H3. The Morgan fingerprint density at radius 1 is 1.57 bits per heavy atom. The maximum absolute atomic E-state index is 11.3. The van der Waals surface area contributed by atoms with E-state index in [9.17, 15) is 4.79 Å². The van der Waals surface area contributed by atoms with Gasteiger partial charge in [0, 0.05) is 5.69 Å². The molecule has 6 heteroatoms. The number of halogens is 3. The molecule has 0 heterocycles. The number of ether oxygens (including phenoxy) is 1. The molecule has 0 fully saturated rings. The third kappa shape index (κ3) is 1.97. The van der Waals surface area contributed by atoms with Crippen molar-refractivity contribution in [3.05, 3.63) is 26.1 Å². The van der Waals surface area contributed by atoms with Gasteiger partial charge in [-0.25, -0.2) is 4.79 Å². The summed E-state index contributed by atoms with van der Waals surface area (Å²) < 4.78 is 4.96. The van der Waals surface area contributed by atoms with Crippen molar-refractivity contribution in [2.45, 2.75) is 0 Å². The van der Waals surface area contributed by atoms with Gasteiger partial charge in [-0.05, 0) is 22.0 Å². The molecule has 0 aliphatic heterocycles. The van der Waals surface area contributed by atoms with E-state index in [1.54, 1.807) is 0 Å². The van der Waals surface area contributed by atoms with E-state index in [1.807, 2.05) is 0 Å². The van der Waals surface area contributed by atoms with E-state index in [2.05, 4.69) is 20.7 Å². The maximum atomic E-state index is 11.3. The molecule has 0 amide bonds. The van der Waals surface area contributed by atoms with Crippen LogP contribution in [-0.4, -0.2) is 13.1 Å². The minimum Gasteiger partial charge on any atom is -0.465 e. The molecule has 3 nitrogen and oxygen atoms in total. The number of carbonyl (C=O) groups excluding carboxylic acids is 1. The number of anilines is 1. The predicted molar refractivity (Wildman–Crippen MR) is 59.9 cm³/mol. The Hall–Kier alpha value is -0.450. The first kappa shape index (κ1) is 11.6. The Kier molecular flexibility index (Phi) is 3.64. The van der Waals surface area contributed by atoms with Crippen LogP contribution in [0.5, 0.6) is 0 Å². The van der Waals surface area contributed by atoms with E-state index in [1.165, 1.54) is 13.2 Å². The van der Waals surface area contributed by atoms with Crippen LogP contribution in [0.3, 0.4) is 0 Å². The van der Waals surface area contributed by atoms with Gasteiger partial charge >= 0.3 is 5.97 Å². The fourth-order valence-electron chi connectivity index (χ4n) is 0.903. The first-order chi connectivity index (χ1) is 6.49. The molecule has 0 radical (unpaired) electrons. The van der Waals surface area contributed by atoms with Crippen molar-refractivity contribution >= 4 is 50.8 Å². The Bertz CT molecular complexity index is 395. The number of nitrogens with two attached hydrogens (primary N) is 1. The van der Waals surface area contributed by atoms with Crippen LogP contribution < -0.4 is 5.73 Å². The fraction of sp³-hybridized carbons (Fsp3) is 0.125. The fourth-order valence-corrected chi connectivity index (χ4v) is 1.84. The Labute approximate surface area is 99.3 Å². The highest BCUT2D eigenvalue weighted by Crippen LogP contribution is 2.36. The smallest absolute Gasteiger partial charge is 0.340 e. The second-order valence-corrected chi connectivity index (χ2v) is 4.02. The lowest BCUT2D eigenvalue weighted by atomic mass is 10.2. The molecule has 2 N–H and O–H groups in total. The summed E-state index contributed by atoms with van der Waals surface area (Å²) in [6.45, 7) is 0. The van der Waals surface area contributed by atoms with Crippen molar-refractivity contribution in [2.75, 3.05) is 12.8 Å². The van der Waals surface area contributed by atoms with Crippen molar-refractivity contribution in [3.63, 3.8) is 0 Å². The van der Waals surface area contributed by atoms with Crippen LogP contribution in [-0.2, 0) is 4.74 Å². The zero-order valence-electron chi connectivity index (χ0n) is 7.11. The molecular formula is C8H6BrCl2NO2. The summed E-state index contributed by atoms with van der Waals surface area (Å²) in [6, 6.07) is 1.43. The lowest BCUT2D eigenvalue weighted by molar-refractivity contribution is 0.0601. The minimum atomic E-state index is -0.597. The monoisotopic (exact) mass is 297 g/mol. The molecule has 0 unspecified atom stereocenters. The molecule has 0 saturated carbocycles. The van der Waals surface area contributed by atoms with Gasteiger partial charge in [0.2, 0.25) is 0 Å². The second-order valence-electron chi connectivity index (χ2n) is 2.44. The molecule has 0 atom stereocenters. The summed E-state index contributed by atoms with van der Waals surface area (Å²) in [5.74, 6) is -0.597. The van der Waals surface area contributed by atoms with Gasteiger partial charge in [0.05, 0.1) is 27.2 Å². The average molecular weight is 299 g/mol. The van der Waals surface area contributed by atoms with Crippen LogP contribution >= 0.6 is 39.1 Å². The molecule has 0 spiro atoms. The normalized spacial score (nSPS) is 10.0. The Morgan fingerprint density at radius 2 is 2.14 bits per heavy atom. The van der Waals surface area contributed by atoms with Gasteiger partial charge in [-0.2, -0.15) is 0 Å². The van der Waals surface area contributed by atoms with Gasteiger partial charge in [0.1, 0.15) is 0 Å². The van der Waals surface area contributed by atoms with E-state index in [0.29, 0.717) is 10.2 Å². The highest BCUT2D eigenvalue weighted by atomic mass is 79.9. The van der Waals surface area contributed by atoms with Gasteiger partial charge in [-0.15, -0.1) is 0 Å². The van der Waals surface area contributed by atoms with Crippen LogP contribution in [0.1, 0.15) is 10.4 Å². The molecule has 76 valence electrons. The average Bonchev–Trinajstić information content (AvgIpc) is 2.14. The number of benzene rings is 1. The van der Waals surface area contributed by atoms with Crippen LogP contribution in [0.25, 0.3) is 0 Å². The molecule has 0 aliphatic carbocycles. The highest BCUT2D eigenvalue weighted by Gasteiger charge is 2.19. The van der Waals surface area contributed by atoms with Crippen molar-refractivity contribution in [1.29, 1.82) is 0 Å². The summed E-state index contributed by atoms with van der Waals surface area (Å²) in [5, 5.41) is 0.324. The van der Waals surface area contributed by atoms with E-state index in [-0.39, 0.29) is 15.6 Å². The van der Waals surface area contributed by atoms with E-state index in [4.69, 9.17) is 28.9 Å².